The van der Waals surface area contributed by atoms with Gasteiger partial charge in [-0.2, -0.15) is 0 Å². The summed E-state index contributed by atoms with van der Waals surface area (Å²) in [5.41, 5.74) is 1.04. The number of hydrogen-bond acceptors (Lipinski definition) is 1. The van der Waals surface area contributed by atoms with Gasteiger partial charge in [-0.05, 0) is 23.6 Å². The van der Waals surface area contributed by atoms with E-state index in [1.807, 2.05) is 6.07 Å². The van der Waals surface area contributed by atoms with Gasteiger partial charge in [-0.3, -0.25) is 0 Å². The second-order valence-corrected chi connectivity index (χ2v) is 4.01. The van der Waals surface area contributed by atoms with Crippen LogP contribution in [0.15, 0.2) is 12.1 Å². The fraction of sp³-hybridized carbons (Fsp3) is 0.400. The predicted molar refractivity (Wildman–Crippen MR) is 57.1 cm³/mol. The maximum atomic E-state index is 5.97. The lowest BCUT2D eigenvalue weighted by Gasteiger charge is -2.13. The molecule has 0 heterocycles. The molecule has 13 heavy (non-hydrogen) atoms. The van der Waals surface area contributed by atoms with E-state index in [0.29, 0.717) is 16.0 Å². The highest BCUT2D eigenvalue weighted by molar-refractivity contribution is 6.35. The number of hydrogen-bond donors (Lipinski definition) is 0. The third kappa shape index (κ3) is 2.29. The lowest BCUT2D eigenvalue weighted by Crippen LogP contribution is -1.95. The molecule has 72 valence electrons. The summed E-state index contributed by atoms with van der Waals surface area (Å²) in [7, 11) is 1.61. The first-order valence-corrected chi connectivity index (χ1v) is 4.84. The number of ether oxygens (including phenoxy) is 1. The molecule has 0 aliphatic heterocycles. The Kier molecular flexibility index (Phi) is 3.46. The van der Waals surface area contributed by atoms with Gasteiger partial charge in [0.2, 0.25) is 0 Å². The molecular formula is C10H12Cl2O. The van der Waals surface area contributed by atoms with Gasteiger partial charge in [0.1, 0.15) is 5.75 Å². The zero-order valence-electron chi connectivity index (χ0n) is 7.90. The average Bonchev–Trinajstić information content (AvgIpc) is 2.02. The summed E-state index contributed by atoms with van der Waals surface area (Å²) in [6.45, 7) is 4.15. The van der Waals surface area contributed by atoms with Crippen LogP contribution in [0.1, 0.15) is 25.3 Å². The monoisotopic (exact) mass is 218 g/mol. The molecule has 0 spiro atoms. The minimum Gasteiger partial charge on any atom is -0.495 e. The van der Waals surface area contributed by atoms with E-state index < -0.39 is 0 Å². The number of methoxy groups -OCH3 is 1. The number of benzene rings is 1. The van der Waals surface area contributed by atoms with Crippen molar-refractivity contribution in [3.8, 4) is 5.75 Å². The molecule has 0 unspecified atom stereocenters. The van der Waals surface area contributed by atoms with Gasteiger partial charge in [0.25, 0.3) is 0 Å². The quantitative estimate of drug-likeness (QED) is 0.726. The summed E-state index contributed by atoms with van der Waals surface area (Å²) >= 11 is 11.9. The van der Waals surface area contributed by atoms with E-state index >= 15 is 0 Å². The molecule has 1 rings (SSSR count). The Morgan fingerprint density at radius 2 is 1.85 bits per heavy atom. The van der Waals surface area contributed by atoms with Crippen LogP contribution >= 0.6 is 23.2 Å². The van der Waals surface area contributed by atoms with Gasteiger partial charge >= 0.3 is 0 Å². The molecule has 0 aromatic heterocycles. The molecule has 1 nitrogen and oxygen atoms in total. The van der Waals surface area contributed by atoms with Crippen LogP contribution in [-0.2, 0) is 0 Å². The smallest absolute Gasteiger partial charge is 0.140 e. The van der Waals surface area contributed by atoms with E-state index in [4.69, 9.17) is 27.9 Å². The van der Waals surface area contributed by atoms with Gasteiger partial charge in [0, 0.05) is 5.02 Å². The second kappa shape index (κ2) is 4.21. The Morgan fingerprint density at radius 3 is 2.31 bits per heavy atom. The molecule has 0 fully saturated rings. The van der Waals surface area contributed by atoms with Crippen molar-refractivity contribution in [3.05, 3.63) is 27.7 Å². The molecule has 0 radical (unpaired) electrons. The van der Waals surface area contributed by atoms with E-state index in [9.17, 15) is 0 Å². The zero-order chi connectivity index (χ0) is 10.0. The first-order valence-electron chi connectivity index (χ1n) is 4.09. The number of rotatable bonds is 2. The Morgan fingerprint density at radius 1 is 1.23 bits per heavy atom. The van der Waals surface area contributed by atoms with Gasteiger partial charge in [0.05, 0.1) is 12.1 Å². The van der Waals surface area contributed by atoms with Crippen LogP contribution in [0.5, 0.6) is 5.75 Å². The van der Waals surface area contributed by atoms with Crippen molar-refractivity contribution < 1.29 is 4.74 Å². The largest absolute Gasteiger partial charge is 0.495 e. The van der Waals surface area contributed by atoms with Crippen molar-refractivity contribution in [1.29, 1.82) is 0 Å². The molecule has 3 heteroatoms. The van der Waals surface area contributed by atoms with Crippen LogP contribution in [0, 0.1) is 0 Å². The highest BCUT2D eigenvalue weighted by Crippen LogP contribution is 2.36. The zero-order valence-corrected chi connectivity index (χ0v) is 9.41. The van der Waals surface area contributed by atoms with Crippen LogP contribution in [0.4, 0.5) is 0 Å². The van der Waals surface area contributed by atoms with Gasteiger partial charge in [0.15, 0.2) is 0 Å². The normalized spacial score (nSPS) is 10.6. The maximum absolute atomic E-state index is 5.97. The number of halogens is 2. The van der Waals surface area contributed by atoms with Gasteiger partial charge in [-0.1, -0.05) is 37.0 Å². The molecule has 0 saturated heterocycles. The van der Waals surface area contributed by atoms with Gasteiger partial charge < -0.3 is 4.74 Å². The van der Waals surface area contributed by atoms with Crippen molar-refractivity contribution in [1.82, 2.24) is 0 Å². The first kappa shape index (κ1) is 10.7. The van der Waals surface area contributed by atoms with Crippen LogP contribution in [0.25, 0.3) is 0 Å². The molecule has 0 aliphatic rings. The van der Waals surface area contributed by atoms with E-state index in [1.165, 1.54) is 0 Å². The van der Waals surface area contributed by atoms with Crippen molar-refractivity contribution in [3.63, 3.8) is 0 Å². The lowest BCUT2D eigenvalue weighted by atomic mass is 10.0. The molecule has 0 atom stereocenters. The van der Waals surface area contributed by atoms with E-state index in [-0.39, 0.29) is 0 Å². The van der Waals surface area contributed by atoms with E-state index in [0.717, 1.165) is 11.3 Å². The Balaban J connectivity index is 3.29. The predicted octanol–water partition coefficient (Wildman–Crippen LogP) is 4.13. The molecule has 0 N–H and O–H groups in total. The van der Waals surface area contributed by atoms with Gasteiger partial charge in [-0.15, -0.1) is 0 Å². The maximum Gasteiger partial charge on any atom is 0.140 e. The molecular weight excluding hydrogens is 207 g/mol. The Hall–Kier alpha value is -0.400. The fourth-order valence-electron chi connectivity index (χ4n) is 1.22. The molecule has 0 aliphatic carbocycles. The van der Waals surface area contributed by atoms with Gasteiger partial charge in [-0.25, -0.2) is 0 Å². The van der Waals surface area contributed by atoms with Crippen LogP contribution in [0.2, 0.25) is 10.0 Å². The third-order valence-corrected chi connectivity index (χ3v) is 2.36. The average molecular weight is 219 g/mol. The Bertz CT molecular complexity index is 308. The molecule has 1 aromatic carbocycles. The SMILES string of the molecule is COc1c(Cl)cc(Cl)cc1C(C)C. The molecule has 0 bridgehead atoms. The minimum absolute atomic E-state index is 0.353. The summed E-state index contributed by atoms with van der Waals surface area (Å²) in [4.78, 5) is 0. The van der Waals surface area contributed by atoms with E-state index in [1.54, 1.807) is 13.2 Å². The summed E-state index contributed by atoms with van der Waals surface area (Å²) in [6, 6.07) is 3.57. The summed E-state index contributed by atoms with van der Waals surface area (Å²) in [6.07, 6.45) is 0. The summed E-state index contributed by atoms with van der Waals surface area (Å²) in [5.74, 6) is 1.08. The van der Waals surface area contributed by atoms with Crippen LogP contribution < -0.4 is 4.74 Å². The lowest BCUT2D eigenvalue weighted by molar-refractivity contribution is 0.408. The van der Waals surface area contributed by atoms with Crippen LogP contribution in [0.3, 0.4) is 0 Å². The van der Waals surface area contributed by atoms with Crippen molar-refractivity contribution in [2.45, 2.75) is 19.8 Å². The molecule has 0 saturated carbocycles. The minimum atomic E-state index is 0.353. The first-order chi connectivity index (χ1) is 6.06. The molecule has 0 amide bonds. The van der Waals surface area contributed by atoms with Crippen molar-refractivity contribution in [2.75, 3.05) is 7.11 Å². The highest BCUT2D eigenvalue weighted by atomic mass is 35.5. The standard InChI is InChI=1S/C10H12Cl2O/c1-6(2)8-4-7(11)5-9(12)10(8)13-3/h4-6H,1-3H3. The summed E-state index contributed by atoms with van der Waals surface area (Å²) < 4.78 is 5.20. The highest BCUT2D eigenvalue weighted by Gasteiger charge is 2.12. The summed E-state index contributed by atoms with van der Waals surface area (Å²) in [5, 5.41) is 1.22. The second-order valence-electron chi connectivity index (χ2n) is 3.16. The van der Waals surface area contributed by atoms with E-state index in [2.05, 4.69) is 13.8 Å². The Labute approximate surface area is 88.6 Å². The van der Waals surface area contributed by atoms with Crippen molar-refractivity contribution in [2.24, 2.45) is 0 Å². The topological polar surface area (TPSA) is 9.23 Å². The third-order valence-electron chi connectivity index (χ3n) is 1.86. The van der Waals surface area contributed by atoms with Crippen LogP contribution in [-0.4, -0.2) is 7.11 Å². The molecule has 1 aromatic rings. The van der Waals surface area contributed by atoms with Crippen molar-refractivity contribution >= 4 is 23.2 Å². The fourth-order valence-corrected chi connectivity index (χ4v) is 1.81.